The maximum atomic E-state index is 13.0. The van der Waals surface area contributed by atoms with E-state index in [9.17, 15) is 14.4 Å². The van der Waals surface area contributed by atoms with E-state index in [0.29, 0.717) is 32.5 Å². The van der Waals surface area contributed by atoms with E-state index in [0.717, 1.165) is 24.1 Å². The lowest BCUT2D eigenvalue weighted by Gasteiger charge is -2.33. The molecule has 1 aromatic carbocycles. The van der Waals surface area contributed by atoms with Gasteiger partial charge in [-0.05, 0) is 49.2 Å². The van der Waals surface area contributed by atoms with E-state index in [1.54, 1.807) is 24.5 Å². The Morgan fingerprint density at radius 3 is 2.71 bits per heavy atom. The van der Waals surface area contributed by atoms with Crippen molar-refractivity contribution in [1.82, 2.24) is 25.4 Å². The molecule has 2 amide bonds. The van der Waals surface area contributed by atoms with E-state index in [1.165, 1.54) is 0 Å². The Morgan fingerprint density at radius 1 is 1.21 bits per heavy atom. The van der Waals surface area contributed by atoms with Gasteiger partial charge < -0.3 is 15.7 Å². The Bertz CT molecular complexity index is 1010. The molecule has 3 heterocycles. The Kier molecular flexibility index (Phi) is 7.54. The molecule has 0 bridgehead atoms. The van der Waals surface area contributed by atoms with Crippen LogP contribution in [0.3, 0.4) is 0 Å². The van der Waals surface area contributed by atoms with Gasteiger partial charge >= 0.3 is 5.97 Å². The first-order valence-corrected chi connectivity index (χ1v) is 11.6. The number of hydrogen-bond donors (Lipinski definition) is 3. The Labute approximate surface area is 199 Å². The number of pyridine rings is 1. The first-order valence-electron chi connectivity index (χ1n) is 11.6. The number of aromatic carboxylic acids is 1. The predicted molar refractivity (Wildman–Crippen MR) is 126 cm³/mol. The van der Waals surface area contributed by atoms with Crippen LogP contribution >= 0.6 is 0 Å². The van der Waals surface area contributed by atoms with Gasteiger partial charge in [0.1, 0.15) is 6.04 Å². The molecule has 9 nitrogen and oxygen atoms in total. The van der Waals surface area contributed by atoms with Gasteiger partial charge in [0.05, 0.1) is 5.56 Å². The van der Waals surface area contributed by atoms with Crippen LogP contribution in [-0.2, 0) is 22.7 Å². The third-order valence-electron chi connectivity index (χ3n) is 6.85. The largest absolute Gasteiger partial charge is 0.478 e. The van der Waals surface area contributed by atoms with Gasteiger partial charge in [0.15, 0.2) is 0 Å². The highest BCUT2D eigenvalue weighted by molar-refractivity contribution is 5.87. The summed E-state index contributed by atoms with van der Waals surface area (Å²) in [7, 11) is 2.04. The average Bonchev–Trinajstić information content (AvgIpc) is 3.21. The number of carboxylic acid groups (broad SMARTS) is 1. The Balaban J connectivity index is 1.33. The molecule has 3 N–H and O–H groups in total. The van der Waals surface area contributed by atoms with E-state index < -0.39 is 5.97 Å². The van der Waals surface area contributed by atoms with Gasteiger partial charge in [-0.15, -0.1) is 0 Å². The minimum atomic E-state index is -0.950. The standard InChI is InChI=1S/C25H31N5O4/c1-29-20(8-9-22(31)27-14-18-3-2-11-26-13-18)15-28-24(32)23-21(29)10-12-30(23)16-17-4-6-19(7-5-17)25(33)34/h2-7,11,13,20-21,23H,8-10,12,14-16H2,1H3,(H,27,31)(H,28,32)(H,33,34)/t20-,21-,23-/m0/s1. The van der Waals surface area contributed by atoms with Crippen LogP contribution in [0.25, 0.3) is 0 Å². The van der Waals surface area contributed by atoms with Crippen molar-refractivity contribution in [2.75, 3.05) is 20.1 Å². The highest BCUT2D eigenvalue weighted by atomic mass is 16.4. The Hall–Kier alpha value is -3.30. The molecule has 4 rings (SSSR count). The second-order valence-electron chi connectivity index (χ2n) is 9.01. The minimum Gasteiger partial charge on any atom is -0.478 e. The number of amides is 2. The van der Waals surface area contributed by atoms with Crippen molar-refractivity contribution in [3.63, 3.8) is 0 Å². The van der Waals surface area contributed by atoms with E-state index in [-0.39, 0.29) is 35.5 Å². The first kappa shape index (κ1) is 23.8. The number of aromatic nitrogens is 1. The van der Waals surface area contributed by atoms with E-state index in [1.807, 2.05) is 31.3 Å². The van der Waals surface area contributed by atoms with Crippen molar-refractivity contribution in [2.45, 2.75) is 50.5 Å². The molecular formula is C25H31N5O4. The maximum absolute atomic E-state index is 13.0. The van der Waals surface area contributed by atoms with Gasteiger partial charge in [-0.25, -0.2) is 4.79 Å². The molecule has 2 aliphatic heterocycles. The first-order chi connectivity index (χ1) is 16.4. The summed E-state index contributed by atoms with van der Waals surface area (Å²) in [6, 6.07) is 10.5. The molecule has 0 aliphatic carbocycles. The van der Waals surface area contributed by atoms with Crippen LogP contribution in [0.15, 0.2) is 48.8 Å². The molecule has 0 saturated carbocycles. The second-order valence-corrected chi connectivity index (χ2v) is 9.01. The number of fused-ring (bicyclic) bond motifs is 1. The highest BCUT2D eigenvalue weighted by Gasteiger charge is 2.44. The molecule has 9 heteroatoms. The lowest BCUT2D eigenvalue weighted by molar-refractivity contribution is -0.126. The number of benzene rings is 1. The summed E-state index contributed by atoms with van der Waals surface area (Å²) in [6.45, 7) is 2.34. The zero-order valence-electron chi connectivity index (χ0n) is 19.3. The van der Waals surface area contributed by atoms with Crippen molar-refractivity contribution in [2.24, 2.45) is 0 Å². The summed E-state index contributed by atoms with van der Waals surface area (Å²) < 4.78 is 0. The molecule has 2 saturated heterocycles. The van der Waals surface area contributed by atoms with Crippen LogP contribution in [0.4, 0.5) is 0 Å². The number of nitrogens with zero attached hydrogens (tertiary/aromatic N) is 3. The van der Waals surface area contributed by atoms with E-state index in [4.69, 9.17) is 5.11 Å². The smallest absolute Gasteiger partial charge is 0.335 e. The van der Waals surface area contributed by atoms with Crippen LogP contribution in [0.2, 0.25) is 0 Å². The molecule has 180 valence electrons. The topological polar surface area (TPSA) is 115 Å². The molecule has 34 heavy (non-hydrogen) atoms. The van der Waals surface area contributed by atoms with Gasteiger partial charge in [-0.1, -0.05) is 18.2 Å². The average molecular weight is 466 g/mol. The fourth-order valence-corrected chi connectivity index (χ4v) is 4.90. The number of nitrogens with one attached hydrogen (secondary N) is 2. The molecule has 2 aliphatic rings. The number of carboxylic acids is 1. The Morgan fingerprint density at radius 2 is 2.00 bits per heavy atom. The van der Waals surface area contributed by atoms with Gasteiger partial charge in [-0.3, -0.25) is 24.4 Å². The second kappa shape index (κ2) is 10.8. The van der Waals surface area contributed by atoms with Crippen molar-refractivity contribution in [3.8, 4) is 0 Å². The number of hydrogen-bond acceptors (Lipinski definition) is 6. The van der Waals surface area contributed by atoms with Crippen LogP contribution in [0.5, 0.6) is 0 Å². The van der Waals surface area contributed by atoms with Crippen molar-refractivity contribution in [3.05, 3.63) is 65.5 Å². The molecule has 2 fully saturated rings. The molecule has 2 aromatic rings. The molecule has 1 aromatic heterocycles. The van der Waals surface area contributed by atoms with Gasteiger partial charge in [0, 0.05) is 57.1 Å². The monoisotopic (exact) mass is 465 g/mol. The zero-order valence-corrected chi connectivity index (χ0v) is 19.3. The molecule has 0 radical (unpaired) electrons. The summed E-state index contributed by atoms with van der Waals surface area (Å²) in [5, 5.41) is 15.1. The molecular weight excluding hydrogens is 434 g/mol. The highest BCUT2D eigenvalue weighted by Crippen LogP contribution is 2.28. The lowest BCUT2D eigenvalue weighted by Crippen LogP contribution is -2.49. The van der Waals surface area contributed by atoms with E-state index >= 15 is 0 Å². The van der Waals surface area contributed by atoms with Crippen molar-refractivity contribution >= 4 is 17.8 Å². The number of likely N-dealkylation sites (N-methyl/N-ethyl adjacent to an activating group) is 1. The minimum absolute atomic E-state index is 0.0118. The summed E-state index contributed by atoms with van der Waals surface area (Å²) in [6.07, 6.45) is 5.36. The quantitative estimate of drug-likeness (QED) is 0.538. The number of carbonyl (C=O) groups excluding carboxylic acids is 2. The van der Waals surface area contributed by atoms with Crippen LogP contribution < -0.4 is 10.6 Å². The SMILES string of the molecule is CN1[C@@H](CCC(=O)NCc2cccnc2)CNC(=O)[C@@H]2[C@@H]1CCN2Cc1ccc(C(=O)O)cc1. The maximum Gasteiger partial charge on any atom is 0.335 e. The zero-order chi connectivity index (χ0) is 24.1. The molecule has 0 spiro atoms. The summed E-state index contributed by atoms with van der Waals surface area (Å²) in [5.41, 5.74) is 2.19. The summed E-state index contributed by atoms with van der Waals surface area (Å²) in [4.78, 5) is 44.9. The van der Waals surface area contributed by atoms with Gasteiger partial charge in [0.2, 0.25) is 11.8 Å². The molecule has 0 unspecified atom stereocenters. The van der Waals surface area contributed by atoms with Gasteiger partial charge in [0.25, 0.3) is 0 Å². The van der Waals surface area contributed by atoms with Crippen molar-refractivity contribution in [1.29, 1.82) is 0 Å². The fraction of sp³-hybridized carbons (Fsp3) is 0.440. The van der Waals surface area contributed by atoms with Crippen LogP contribution in [-0.4, -0.2) is 75.9 Å². The number of carbonyl (C=O) groups is 3. The fourth-order valence-electron chi connectivity index (χ4n) is 4.90. The number of rotatable bonds is 8. The molecule has 3 atom stereocenters. The third-order valence-corrected chi connectivity index (χ3v) is 6.85. The summed E-state index contributed by atoms with van der Waals surface area (Å²) in [5.74, 6) is -0.948. The van der Waals surface area contributed by atoms with Crippen LogP contribution in [0.1, 0.15) is 40.7 Å². The normalized spacial score (nSPS) is 23.1. The van der Waals surface area contributed by atoms with Crippen LogP contribution in [0, 0.1) is 0 Å². The number of likely N-dealkylation sites (tertiary alicyclic amines) is 1. The summed E-state index contributed by atoms with van der Waals surface area (Å²) >= 11 is 0. The third kappa shape index (κ3) is 5.60. The van der Waals surface area contributed by atoms with Crippen molar-refractivity contribution < 1.29 is 19.5 Å². The van der Waals surface area contributed by atoms with Gasteiger partial charge in [-0.2, -0.15) is 0 Å². The lowest BCUT2D eigenvalue weighted by atomic mass is 10.0. The predicted octanol–water partition coefficient (Wildman–Crippen LogP) is 1.25. The van der Waals surface area contributed by atoms with E-state index in [2.05, 4.69) is 25.4 Å².